The topological polar surface area (TPSA) is 64.1 Å². The smallest absolute Gasteiger partial charge is 0.264 e. The first-order chi connectivity index (χ1) is 15.8. The molecule has 0 bridgehead atoms. The Kier molecular flexibility index (Phi) is 6.75. The van der Waals surface area contributed by atoms with Crippen LogP contribution in [0.5, 0.6) is 5.75 Å². The summed E-state index contributed by atoms with van der Waals surface area (Å²) < 4.78 is 71.7. The molecule has 0 atom stereocenters. The number of nitrogens with zero attached hydrogens (tertiary/aromatic N) is 2. The van der Waals surface area contributed by atoms with Crippen molar-refractivity contribution in [1.82, 2.24) is 10.2 Å². The van der Waals surface area contributed by atoms with Crippen molar-refractivity contribution in [2.24, 2.45) is 0 Å². The maximum Gasteiger partial charge on any atom is 0.264 e. The Hall–Kier alpha value is -3.25. The molecule has 0 aliphatic carbocycles. The van der Waals surface area contributed by atoms with E-state index in [9.17, 15) is 26.7 Å². The van der Waals surface area contributed by atoms with Gasteiger partial charge in [0, 0.05) is 5.75 Å². The van der Waals surface area contributed by atoms with Crippen molar-refractivity contribution >= 4 is 44.9 Å². The number of ether oxygens (including phenoxy) is 1. The third kappa shape index (κ3) is 4.91. The van der Waals surface area contributed by atoms with Crippen molar-refractivity contribution in [1.29, 1.82) is 0 Å². The highest BCUT2D eigenvalue weighted by atomic mass is 32.2. The van der Waals surface area contributed by atoms with Gasteiger partial charge in [-0.2, -0.15) is 8.78 Å². The fraction of sp³-hybridized carbons (Fsp3) is 0.0952. The lowest BCUT2D eigenvalue weighted by molar-refractivity contribution is -0.118. The molecule has 0 unspecified atom stereocenters. The monoisotopic (exact) mass is 497 g/mol. The molecule has 0 aliphatic rings. The van der Waals surface area contributed by atoms with E-state index in [-0.39, 0.29) is 5.13 Å². The van der Waals surface area contributed by atoms with Gasteiger partial charge in [0.2, 0.25) is 34.2 Å². The van der Waals surface area contributed by atoms with Gasteiger partial charge < -0.3 is 4.74 Å². The first kappa shape index (κ1) is 22.9. The zero-order chi connectivity index (χ0) is 23.5. The van der Waals surface area contributed by atoms with E-state index < -0.39 is 47.3 Å². The van der Waals surface area contributed by atoms with Gasteiger partial charge in [-0.25, -0.2) is 13.2 Å². The van der Waals surface area contributed by atoms with Crippen molar-refractivity contribution < 1.29 is 31.5 Å². The van der Waals surface area contributed by atoms with Gasteiger partial charge >= 0.3 is 0 Å². The van der Waals surface area contributed by atoms with Gasteiger partial charge in [0.25, 0.3) is 5.91 Å². The van der Waals surface area contributed by atoms with Crippen molar-refractivity contribution in [3.05, 3.63) is 77.1 Å². The number of hydrogen-bond acceptors (Lipinski definition) is 6. The van der Waals surface area contributed by atoms with E-state index in [4.69, 9.17) is 0 Å². The summed E-state index contributed by atoms with van der Waals surface area (Å²) in [6.07, 6.45) is 0. The van der Waals surface area contributed by atoms with Gasteiger partial charge in [0.15, 0.2) is 16.7 Å². The van der Waals surface area contributed by atoms with Crippen LogP contribution in [-0.2, 0) is 10.5 Å². The Bertz CT molecular complexity index is 1310. The molecular formula is C21H12F5N3O2S2. The summed E-state index contributed by atoms with van der Waals surface area (Å²) in [5.74, 6) is -12.8. The van der Waals surface area contributed by atoms with E-state index in [2.05, 4.69) is 20.3 Å². The molecular weight excluding hydrogens is 485 g/mol. The molecule has 4 rings (SSSR count). The largest absolute Gasteiger partial charge is 0.477 e. The summed E-state index contributed by atoms with van der Waals surface area (Å²) in [6.45, 7) is -1.00. The number of thioether (sulfide) groups is 1. The Morgan fingerprint density at radius 1 is 0.909 bits per heavy atom. The average Bonchev–Trinajstić information content (AvgIpc) is 3.27. The van der Waals surface area contributed by atoms with Crippen LogP contribution < -0.4 is 10.1 Å². The van der Waals surface area contributed by atoms with Gasteiger partial charge in [-0.05, 0) is 16.3 Å². The van der Waals surface area contributed by atoms with Gasteiger partial charge in [-0.3, -0.25) is 10.1 Å². The molecule has 0 saturated heterocycles. The predicted octanol–water partition coefficient (Wildman–Crippen LogP) is 5.70. The lowest BCUT2D eigenvalue weighted by atomic mass is 10.1. The van der Waals surface area contributed by atoms with E-state index in [1.165, 1.54) is 11.8 Å². The lowest BCUT2D eigenvalue weighted by Crippen LogP contribution is -2.21. The number of benzene rings is 3. The Balaban J connectivity index is 1.36. The minimum atomic E-state index is -2.32. The van der Waals surface area contributed by atoms with E-state index in [1.54, 1.807) is 0 Å². The fourth-order valence-corrected chi connectivity index (χ4v) is 4.65. The molecule has 1 amide bonds. The van der Waals surface area contributed by atoms with E-state index in [0.717, 1.165) is 27.7 Å². The first-order valence-corrected chi connectivity index (χ1v) is 11.0. The van der Waals surface area contributed by atoms with Crippen LogP contribution in [0.1, 0.15) is 5.56 Å². The Morgan fingerprint density at radius 3 is 2.33 bits per heavy atom. The molecule has 0 radical (unpaired) electrons. The normalized spacial score (nSPS) is 11.1. The van der Waals surface area contributed by atoms with Crippen LogP contribution in [0.15, 0.2) is 46.8 Å². The van der Waals surface area contributed by atoms with E-state index >= 15 is 0 Å². The molecule has 0 spiro atoms. The maximum absolute atomic E-state index is 13.6. The third-order valence-corrected chi connectivity index (χ3v) is 6.42. The molecule has 1 heterocycles. The summed E-state index contributed by atoms with van der Waals surface area (Å²) in [5.41, 5.74) is 1.09. The number of aromatic nitrogens is 2. The number of anilines is 1. The number of carbonyl (C=O) groups is 1. The number of amides is 1. The summed E-state index contributed by atoms with van der Waals surface area (Å²) >= 11 is 2.46. The maximum atomic E-state index is 13.6. The van der Waals surface area contributed by atoms with Crippen LogP contribution >= 0.6 is 23.1 Å². The molecule has 0 saturated carbocycles. The van der Waals surface area contributed by atoms with Crippen molar-refractivity contribution in [2.45, 2.75) is 10.1 Å². The summed E-state index contributed by atoms with van der Waals surface area (Å²) in [7, 11) is 0. The molecule has 5 nitrogen and oxygen atoms in total. The van der Waals surface area contributed by atoms with Crippen molar-refractivity contribution in [2.75, 3.05) is 11.9 Å². The van der Waals surface area contributed by atoms with Crippen LogP contribution in [0.4, 0.5) is 27.1 Å². The predicted molar refractivity (Wildman–Crippen MR) is 114 cm³/mol. The minimum absolute atomic E-state index is 0.0847. The highest BCUT2D eigenvalue weighted by molar-refractivity contribution is 8.00. The zero-order valence-corrected chi connectivity index (χ0v) is 18.0. The van der Waals surface area contributed by atoms with E-state index in [1.807, 2.05) is 42.5 Å². The molecule has 170 valence electrons. The molecule has 4 aromatic rings. The zero-order valence-electron chi connectivity index (χ0n) is 16.4. The number of fused-ring (bicyclic) bond motifs is 1. The quantitative estimate of drug-likeness (QED) is 0.117. The van der Waals surface area contributed by atoms with Gasteiger partial charge in [0.1, 0.15) is 0 Å². The fourth-order valence-electron chi connectivity index (χ4n) is 2.88. The van der Waals surface area contributed by atoms with Gasteiger partial charge in [-0.15, -0.1) is 10.2 Å². The Labute approximate surface area is 191 Å². The minimum Gasteiger partial charge on any atom is -0.477 e. The summed E-state index contributed by atoms with van der Waals surface area (Å²) in [4.78, 5) is 12.0. The van der Waals surface area contributed by atoms with Crippen LogP contribution in [0, 0.1) is 29.1 Å². The number of nitrogens with one attached hydrogen (secondary N) is 1. The van der Waals surface area contributed by atoms with Gasteiger partial charge in [0.05, 0.1) is 0 Å². The second kappa shape index (κ2) is 9.71. The third-order valence-electron chi connectivity index (χ3n) is 4.40. The number of rotatable bonds is 7. The molecule has 33 heavy (non-hydrogen) atoms. The molecule has 12 heteroatoms. The molecule has 1 aromatic heterocycles. The van der Waals surface area contributed by atoms with Crippen molar-refractivity contribution in [3.63, 3.8) is 0 Å². The number of carbonyl (C=O) groups excluding carboxylic acids is 1. The summed E-state index contributed by atoms with van der Waals surface area (Å²) in [6, 6.07) is 13.9. The van der Waals surface area contributed by atoms with Crippen LogP contribution in [0.2, 0.25) is 0 Å². The van der Waals surface area contributed by atoms with Gasteiger partial charge in [-0.1, -0.05) is 65.6 Å². The van der Waals surface area contributed by atoms with Crippen molar-refractivity contribution in [3.8, 4) is 5.75 Å². The highest BCUT2D eigenvalue weighted by Crippen LogP contribution is 2.31. The molecule has 0 fully saturated rings. The second-order valence-corrected chi connectivity index (χ2v) is 8.74. The molecule has 0 aliphatic heterocycles. The SMILES string of the molecule is O=C(COc1c(F)c(F)c(F)c(F)c1F)Nc1nnc(SCc2cccc3ccccc23)s1. The van der Waals surface area contributed by atoms with Crippen LogP contribution in [0.3, 0.4) is 0 Å². The highest BCUT2D eigenvalue weighted by Gasteiger charge is 2.27. The standard InChI is InChI=1S/C21H12F5N3O2S2/c22-14-15(23)17(25)19(18(26)16(14)24)31-8-13(30)27-20-28-29-21(33-20)32-9-11-6-3-5-10-4-1-2-7-12(10)11/h1-7H,8-9H2,(H,27,28,30). The number of halogens is 5. The first-order valence-electron chi connectivity index (χ1n) is 9.22. The number of hydrogen-bond donors (Lipinski definition) is 1. The van der Waals surface area contributed by atoms with E-state index in [0.29, 0.717) is 10.1 Å². The molecule has 3 aromatic carbocycles. The summed E-state index contributed by atoms with van der Waals surface area (Å²) in [5, 5.41) is 12.4. The van der Waals surface area contributed by atoms with Crippen LogP contribution in [-0.4, -0.2) is 22.7 Å². The van der Waals surface area contributed by atoms with Crippen LogP contribution in [0.25, 0.3) is 10.8 Å². The lowest BCUT2D eigenvalue weighted by Gasteiger charge is -2.09. The second-order valence-electron chi connectivity index (χ2n) is 6.54. The average molecular weight is 497 g/mol. The Morgan fingerprint density at radius 2 is 1.58 bits per heavy atom. The molecule has 1 N–H and O–H groups in total.